The Balaban J connectivity index is 1.48. The lowest BCUT2D eigenvalue weighted by Crippen LogP contribution is -2.42. The predicted octanol–water partition coefficient (Wildman–Crippen LogP) is 3.27. The molecule has 0 bridgehead atoms. The van der Waals surface area contributed by atoms with E-state index < -0.39 is 0 Å². The van der Waals surface area contributed by atoms with Crippen LogP contribution in [0, 0.1) is 6.92 Å². The molecule has 1 saturated heterocycles. The molecule has 1 aliphatic rings. The van der Waals surface area contributed by atoms with Gasteiger partial charge in [-0.05, 0) is 32.9 Å². The van der Waals surface area contributed by atoms with E-state index in [1.54, 1.807) is 11.3 Å². The lowest BCUT2D eigenvalue weighted by Gasteiger charge is -2.26. The number of aliphatic imine (C=N–C) groups is 1. The molecule has 0 aliphatic carbocycles. The van der Waals surface area contributed by atoms with Crippen LogP contribution in [0.2, 0.25) is 0 Å². The molecule has 0 atom stereocenters. The zero-order chi connectivity index (χ0) is 18.2. The molecule has 1 fully saturated rings. The van der Waals surface area contributed by atoms with Crippen molar-refractivity contribution in [3.63, 3.8) is 0 Å². The monoisotopic (exact) mass is 371 g/mol. The zero-order valence-corrected chi connectivity index (χ0v) is 16.6. The van der Waals surface area contributed by atoms with Gasteiger partial charge in [0.1, 0.15) is 5.01 Å². The molecule has 0 saturated carbocycles. The number of likely N-dealkylation sites (tertiary alicyclic amines) is 1. The molecule has 140 valence electrons. The molecule has 6 heteroatoms. The van der Waals surface area contributed by atoms with Crippen LogP contribution in [0.4, 0.5) is 0 Å². The Morgan fingerprint density at radius 2 is 1.92 bits per heavy atom. The number of rotatable bonds is 6. The lowest BCUT2D eigenvalue weighted by atomic mass is 10.1. The van der Waals surface area contributed by atoms with Gasteiger partial charge in [0.2, 0.25) is 0 Å². The molecule has 0 spiro atoms. The number of aryl methyl sites for hydroxylation is 1. The number of piperidine rings is 1. The largest absolute Gasteiger partial charge is 0.355 e. The lowest BCUT2D eigenvalue weighted by molar-refractivity contribution is 0.232. The number of hydrogen-bond donors (Lipinski definition) is 2. The maximum Gasteiger partial charge on any atom is 0.191 e. The molecule has 0 unspecified atom stereocenters. The van der Waals surface area contributed by atoms with Crippen LogP contribution in [0.3, 0.4) is 0 Å². The van der Waals surface area contributed by atoms with Crippen molar-refractivity contribution in [3.8, 4) is 10.6 Å². The van der Waals surface area contributed by atoms with Crippen LogP contribution in [-0.2, 0) is 6.54 Å². The minimum Gasteiger partial charge on any atom is -0.355 e. The molecule has 1 aromatic heterocycles. The molecule has 0 radical (unpaired) electrons. The van der Waals surface area contributed by atoms with E-state index in [4.69, 9.17) is 4.98 Å². The first kappa shape index (κ1) is 18.9. The van der Waals surface area contributed by atoms with Crippen LogP contribution in [0.5, 0.6) is 0 Å². The van der Waals surface area contributed by atoms with Crippen molar-refractivity contribution in [2.45, 2.75) is 32.7 Å². The Morgan fingerprint density at radius 1 is 1.15 bits per heavy atom. The second-order valence-corrected chi connectivity index (χ2v) is 7.73. The third-order valence-corrected chi connectivity index (χ3v) is 5.93. The molecule has 3 rings (SSSR count). The van der Waals surface area contributed by atoms with Gasteiger partial charge in [0.05, 0.1) is 12.2 Å². The summed E-state index contributed by atoms with van der Waals surface area (Å²) in [7, 11) is 1.82. The quantitative estimate of drug-likeness (QED) is 0.604. The van der Waals surface area contributed by atoms with Gasteiger partial charge < -0.3 is 15.5 Å². The predicted molar refractivity (Wildman–Crippen MR) is 111 cm³/mol. The van der Waals surface area contributed by atoms with Gasteiger partial charge in [-0.25, -0.2) is 4.98 Å². The van der Waals surface area contributed by atoms with E-state index in [0.717, 1.165) is 36.3 Å². The average Bonchev–Trinajstić information content (AvgIpc) is 3.07. The van der Waals surface area contributed by atoms with Gasteiger partial charge in [0, 0.05) is 30.6 Å². The Morgan fingerprint density at radius 3 is 2.65 bits per heavy atom. The number of benzene rings is 1. The number of hydrogen-bond acceptors (Lipinski definition) is 4. The summed E-state index contributed by atoms with van der Waals surface area (Å²) in [5.74, 6) is 0.857. The first-order chi connectivity index (χ1) is 12.8. The van der Waals surface area contributed by atoms with Crippen LogP contribution in [0.15, 0.2) is 35.3 Å². The molecule has 2 aromatic rings. The third kappa shape index (κ3) is 5.29. The van der Waals surface area contributed by atoms with Crippen molar-refractivity contribution in [1.29, 1.82) is 0 Å². The number of nitrogens with zero attached hydrogens (tertiary/aromatic N) is 3. The van der Waals surface area contributed by atoms with E-state index in [9.17, 15) is 0 Å². The zero-order valence-electron chi connectivity index (χ0n) is 15.8. The summed E-state index contributed by atoms with van der Waals surface area (Å²) in [5, 5.41) is 7.92. The Hall–Kier alpha value is -1.92. The maximum atomic E-state index is 4.72. The number of nitrogens with one attached hydrogen (secondary N) is 2. The van der Waals surface area contributed by atoms with Crippen LogP contribution in [-0.4, -0.2) is 49.1 Å². The summed E-state index contributed by atoms with van der Waals surface area (Å²) in [6.45, 7) is 7.30. The van der Waals surface area contributed by atoms with Gasteiger partial charge in [-0.15, -0.1) is 11.3 Å². The molecular weight excluding hydrogens is 342 g/mol. The Kier molecular flexibility index (Phi) is 7.03. The van der Waals surface area contributed by atoms with E-state index in [1.807, 2.05) is 13.1 Å². The SMILES string of the molecule is CN=C(NCCN1CCCCC1)NCc1sc(-c2ccccc2)nc1C. The summed E-state index contributed by atoms with van der Waals surface area (Å²) < 4.78 is 0. The highest BCUT2D eigenvalue weighted by molar-refractivity contribution is 7.15. The highest BCUT2D eigenvalue weighted by atomic mass is 32.1. The van der Waals surface area contributed by atoms with Crippen molar-refractivity contribution in [2.75, 3.05) is 33.2 Å². The summed E-state index contributed by atoms with van der Waals surface area (Å²) in [6.07, 6.45) is 4.05. The van der Waals surface area contributed by atoms with E-state index in [-0.39, 0.29) is 0 Å². The van der Waals surface area contributed by atoms with E-state index in [2.05, 4.69) is 51.7 Å². The van der Waals surface area contributed by atoms with Crippen molar-refractivity contribution >= 4 is 17.3 Å². The van der Waals surface area contributed by atoms with E-state index in [0.29, 0.717) is 0 Å². The summed E-state index contributed by atoms with van der Waals surface area (Å²) in [5.41, 5.74) is 2.26. The van der Waals surface area contributed by atoms with Crippen molar-refractivity contribution in [2.24, 2.45) is 4.99 Å². The summed E-state index contributed by atoms with van der Waals surface area (Å²) in [6, 6.07) is 10.4. The standard InChI is InChI=1S/C20H29N5S/c1-16-18(26-19(24-16)17-9-5-3-6-10-17)15-23-20(21-2)22-11-14-25-12-7-4-8-13-25/h3,5-6,9-10H,4,7-8,11-15H2,1-2H3,(H2,21,22,23). The summed E-state index contributed by atoms with van der Waals surface area (Å²) in [4.78, 5) is 12.8. The normalized spacial score (nSPS) is 15.8. The smallest absolute Gasteiger partial charge is 0.191 e. The molecule has 26 heavy (non-hydrogen) atoms. The Labute approximate surface area is 160 Å². The number of thiazole rings is 1. The minimum atomic E-state index is 0.750. The second kappa shape index (κ2) is 9.69. The van der Waals surface area contributed by atoms with Gasteiger partial charge in [0.25, 0.3) is 0 Å². The van der Waals surface area contributed by atoms with Gasteiger partial charge >= 0.3 is 0 Å². The Bertz CT molecular complexity index is 704. The van der Waals surface area contributed by atoms with Gasteiger partial charge in [-0.1, -0.05) is 36.8 Å². The molecule has 2 heterocycles. The molecule has 1 aliphatic heterocycles. The van der Waals surface area contributed by atoms with E-state index >= 15 is 0 Å². The first-order valence-electron chi connectivity index (χ1n) is 9.45. The molecule has 2 N–H and O–H groups in total. The van der Waals surface area contributed by atoms with Crippen LogP contribution in [0.1, 0.15) is 29.8 Å². The fourth-order valence-corrected chi connectivity index (χ4v) is 4.20. The van der Waals surface area contributed by atoms with Gasteiger partial charge in [-0.2, -0.15) is 0 Å². The van der Waals surface area contributed by atoms with Crippen LogP contribution < -0.4 is 10.6 Å². The first-order valence-corrected chi connectivity index (χ1v) is 10.3. The highest BCUT2D eigenvalue weighted by Crippen LogP contribution is 2.27. The van der Waals surface area contributed by atoms with Crippen molar-refractivity contribution in [3.05, 3.63) is 40.9 Å². The van der Waals surface area contributed by atoms with Crippen molar-refractivity contribution in [1.82, 2.24) is 20.5 Å². The highest BCUT2D eigenvalue weighted by Gasteiger charge is 2.11. The molecular formula is C20H29N5S. The number of guanidine groups is 1. The topological polar surface area (TPSA) is 52.6 Å². The molecule has 1 aromatic carbocycles. The fourth-order valence-electron chi connectivity index (χ4n) is 3.20. The van der Waals surface area contributed by atoms with Crippen molar-refractivity contribution < 1.29 is 0 Å². The molecule has 5 nitrogen and oxygen atoms in total. The molecule has 0 amide bonds. The van der Waals surface area contributed by atoms with E-state index in [1.165, 1.54) is 42.8 Å². The summed E-state index contributed by atoms with van der Waals surface area (Å²) >= 11 is 1.75. The van der Waals surface area contributed by atoms with Gasteiger partial charge in [-0.3, -0.25) is 4.99 Å². The maximum absolute atomic E-state index is 4.72. The third-order valence-electron chi connectivity index (χ3n) is 4.72. The average molecular weight is 372 g/mol. The number of aromatic nitrogens is 1. The van der Waals surface area contributed by atoms with Crippen LogP contribution in [0.25, 0.3) is 10.6 Å². The van der Waals surface area contributed by atoms with Crippen LogP contribution >= 0.6 is 11.3 Å². The second-order valence-electron chi connectivity index (χ2n) is 6.65. The minimum absolute atomic E-state index is 0.750. The van der Waals surface area contributed by atoms with Gasteiger partial charge in [0.15, 0.2) is 5.96 Å². The fraction of sp³-hybridized carbons (Fsp3) is 0.500.